The maximum Gasteiger partial charge on any atom is 0.0416 e. The van der Waals surface area contributed by atoms with Crippen molar-refractivity contribution in [2.24, 2.45) is 5.92 Å². The van der Waals surface area contributed by atoms with Gasteiger partial charge in [-0.05, 0) is 51.0 Å². The first-order valence-corrected chi connectivity index (χ1v) is 7.12. The molecular formula is C15H25N3. The Labute approximate surface area is 111 Å². The van der Waals surface area contributed by atoms with Crippen LogP contribution in [0.2, 0.25) is 0 Å². The largest absolute Gasteiger partial charge is 0.317 e. The van der Waals surface area contributed by atoms with Gasteiger partial charge in [-0.2, -0.15) is 0 Å². The van der Waals surface area contributed by atoms with Crippen LogP contribution in [0.3, 0.4) is 0 Å². The summed E-state index contributed by atoms with van der Waals surface area (Å²) in [6.07, 6.45) is 5.68. The Kier molecular flexibility index (Phi) is 5.14. The van der Waals surface area contributed by atoms with Crippen molar-refractivity contribution >= 4 is 0 Å². The molecule has 0 amide bonds. The predicted octanol–water partition coefficient (Wildman–Crippen LogP) is 1.94. The van der Waals surface area contributed by atoms with Crippen molar-refractivity contribution in [3.05, 3.63) is 30.1 Å². The topological polar surface area (TPSA) is 28.2 Å². The molecule has 2 unspecified atom stereocenters. The van der Waals surface area contributed by atoms with Crippen molar-refractivity contribution in [1.82, 2.24) is 15.2 Å². The van der Waals surface area contributed by atoms with E-state index in [1.165, 1.54) is 25.1 Å². The number of nitrogens with zero attached hydrogens (tertiary/aromatic N) is 2. The maximum absolute atomic E-state index is 4.38. The Morgan fingerprint density at radius 3 is 2.89 bits per heavy atom. The van der Waals surface area contributed by atoms with Crippen molar-refractivity contribution in [3.8, 4) is 0 Å². The Morgan fingerprint density at radius 2 is 2.28 bits per heavy atom. The quantitative estimate of drug-likeness (QED) is 0.798. The molecular weight excluding hydrogens is 222 g/mol. The molecule has 0 aromatic carbocycles. The molecule has 100 valence electrons. The van der Waals surface area contributed by atoms with E-state index in [9.17, 15) is 0 Å². The molecule has 3 heteroatoms. The third-order valence-electron chi connectivity index (χ3n) is 4.05. The number of pyridine rings is 1. The number of aromatic nitrogens is 1. The van der Waals surface area contributed by atoms with Gasteiger partial charge in [0.15, 0.2) is 0 Å². The molecule has 1 heterocycles. The molecule has 2 atom stereocenters. The van der Waals surface area contributed by atoms with E-state index >= 15 is 0 Å². The summed E-state index contributed by atoms with van der Waals surface area (Å²) in [5.41, 5.74) is 1.20. The molecule has 1 fully saturated rings. The highest BCUT2D eigenvalue weighted by atomic mass is 15.1. The molecule has 0 aliphatic heterocycles. The lowest BCUT2D eigenvalue weighted by molar-refractivity contribution is 0.0850. The molecule has 0 radical (unpaired) electrons. The minimum absolute atomic E-state index is 0.771. The number of likely N-dealkylation sites (N-methyl/N-ethyl adjacent to an activating group) is 1. The second-order valence-corrected chi connectivity index (χ2v) is 5.26. The van der Waals surface area contributed by atoms with Gasteiger partial charge in [-0.3, -0.25) is 4.98 Å². The smallest absolute Gasteiger partial charge is 0.0416 e. The Hall–Kier alpha value is -0.930. The number of rotatable bonds is 7. The zero-order valence-corrected chi connectivity index (χ0v) is 11.6. The van der Waals surface area contributed by atoms with Gasteiger partial charge < -0.3 is 10.2 Å². The van der Waals surface area contributed by atoms with Crippen LogP contribution < -0.4 is 5.32 Å². The third kappa shape index (κ3) is 3.53. The van der Waals surface area contributed by atoms with E-state index in [2.05, 4.69) is 41.3 Å². The lowest BCUT2D eigenvalue weighted by atomic mass is 9.78. The van der Waals surface area contributed by atoms with Gasteiger partial charge in [0.25, 0.3) is 0 Å². The SMILES string of the molecule is CCNCC1CCC1N(C)CCc1ccccn1. The van der Waals surface area contributed by atoms with Crippen LogP contribution in [0, 0.1) is 5.92 Å². The van der Waals surface area contributed by atoms with Crippen molar-refractivity contribution in [3.63, 3.8) is 0 Å². The fourth-order valence-corrected chi connectivity index (χ4v) is 2.70. The van der Waals surface area contributed by atoms with E-state index in [1.807, 2.05) is 12.3 Å². The third-order valence-corrected chi connectivity index (χ3v) is 4.05. The summed E-state index contributed by atoms with van der Waals surface area (Å²) in [5, 5.41) is 3.47. The highest BCUT2D eigenvalue weighted by Crippen LogP contribution is 2.30. The van der Waals surface area contributed by atoms with E-state index in [1.54, 1.807) is 0 Å². The number of hydrogen-bond acceptors (Lipinski definition) is 3. The first-order chi connectivity index (χ1) is 8.81. The van der Waals surface area contributed by atoms with Gasteiger partial charge >= 0.3 is 0 Å². The highest BCUT2D eigenvalue weighted by molar-refractivity contribution is 5.04. The molecule has 1 aromatic rings. The lowest BCUT2D eigenvalue weighted by Crippen LogP contribution is -2.49. The van der Waals surface area contributed by atoms with Crippen molar-refractivity contribution in [2.45, 2.75) is 32.2 Å². The van der Waals surface area contributed by atoms with Crippen molar-refractivity contribution in [1.29, 1.82) is 0 Å². The van der Waals surface area contributed by atoms with Crippen LogP contribution in [0.5, 0.6) is 0 Å². The second kappa shape index (κ2) is 6.86. The van der Waals surface area contributed by atoms with E-state index in [4.69, 9.17) is 0 Å². The maximum atomic E-state index is 4.38. The lowest BCUT2D eigenvalue weighted by Gasteiger charge is -2.43. The first-order valence-electron chi connectivity index (χ1n) is 7.12. The Balaban J connectivity index is 1.73. The highest BCUT2D eigenvalue weighted by Gasteiger charge is 2.32. The van der Waals surface area contributed by atoms with Crippen LogP contribution in [-0.4, -0.2) is 42.6 Å². The normalized spacial score (nSPS) is 23.1. The molecule has 1 aromatic heterocycles. The zero-order valence-electron chi connectivity index (χ0n) is 11.6. The fourth-order valence-electron chi connectivity index (χ4n) is 2.70. The summed E-state index contributed by atoms with van der Waals surface area (Å²) in [5.74, 6) is 0.846. The standard InChI is InChI=1S/C15H25N3/c1-3-16-12-13-7-8-15(13)18(2)11-9-14-6-4-5-10-17-14/h4-6,10,13,15-16H,3,7-9,11-12H2,1-2H3. The molecule has 0 spiro atoms. The molecule has 1 aliphatic rings. The predicted molar refractivity (Wildman–Crippen MR) is 75.6 cm³/mol. The van der Waals surface area contributed by atoms with Gasteiger partial charge in [0, 0.05) is 30.9 Å². The van der Waals surface area contributed by atoms with Gasteiger partial charge in [0.05, 0.1) is 0 Å². The van der Waals surface area contributed by atoms with Crippen molar-refractivity contribution < 1.29 is 0 Å². The molecule has 0 bridgehead atoms. The second-order valence-electron chi connectivity index (χ2n) is 5.26. The van der Waals surface area contributed by atoms with Gasteiger partial charge in [0.2, 0.25) is 0 Å². The van der Waals surface area contributed by atoms with Crippen LogP contribution in [-0.2, 0) is 6.42 Å². The summed E-state index contributed by atoms with van der Waals surface area (Å²) < 4.78 is 0. The van der Waals surface area contributed by atoms with E-state index in [-0.39, 0.29) is 0 Å². The van der Waals surface area contributed by atoms with Gasteiger partial charge in [-0.25, -0.2) is 0 Å². The summed E-state index contributed by atoms with van der Waals surface area (Å²) >= 11 is 0. The van der Waals surface area contributed by atoms with Crippen LogP contribution in [0.1, 0.15) is 25.5 Å². The summed E-state index contributed by atoms with van der Waals surface area (Å²) in [4.78, 5) is 6.90. The van der Waals surface area contributed by atoms with Crippen LogP contribution in [0.25, 0.3) is 0 Å². The summed E-state index contributed by atoms with van der Waals surface area (Å²) in [6.45, 7) is 5.55. The van der Waals surface area contributed by atoms with Crippen LogP contribution >= 0.6 is 0 Å². The molecule has 1 aliphatic carbocycles. The minimum atomic E-state index is 0.771. The zero-order chi connectivity index (χ0) is 12.8. The first kappa shape index (κ1) is 13.5. The average molecular weight is 247 g/mol. The van der Waals surface area contributed by atoms with Gasteiger partial charge in [-0.15, -0.1) is 0 Å². The number of nitrogens with one attached hydrogen (secondary N) is 1. The summed E-state index contributed by atoms with van der Waals surface area (Å²) in [7, 11) is 2.26. The summed E-state index contributed by atoms with van der Waals surface area (Å²) in [6, 6.07) is 6.93. The van der Waals surface area contributed by atoms with Gasteiger partial charge in [-0.1, -0.05) is 13.0 Å². The monoisotopic (exact) mass is 247 g/mol. The van der Waals surface area contributed by atoms with E-state index in [0.717, 1.165) is 31.5 Å². The number of hydrogen-bond donors (Lipinski definition) is 1. The molecule has 1 saturated carbocycles. The minimum Gasteiger partial charge on any atom is -0.317 e. The molecule has 1 N–H and O–H groups in total. The molecule has 2 rings (SSSR count). The van der Waals surface area contributed by atoms with Crippen LogP contribution in [0.15, 0.2) is 24.4 Å². The fraction of sp³-hybridized carbons (Fsp3) is 0.667. The van der Waals surface area contributed by atoms with E-state index in [0.29, 0.717) is 0 Å². The Bertz CT molecular complexity index is 339. The molecule has 3 nitrogen and oxygen atoms in total. The van der Waals surface area contributed by atoms with Crippen LogP contribution in [0.4, 0.5) is 0 Å². The van der Waals surface area contributed by atoms with Crippen molar-refractivity contribution in [2.75, 3.05) is 26.7 Å². The van der Waals surface area contributed by atoms with Gasteiger partial charge in [0.1, 0.15) is 0 Å². The average Bonchev–Trinajstić information content (AvgIpc) is 2.37. The molecule has 0 saturated heterocycles. The molecule has 18 heavy (non-hydrogen) atoms. The Morgan fingerprint density at radius 1 is 1.39 bits per heavy atom. The van der Waals surface area contributed by atoms with E-state index < -0.39 is 0 Å².